The van der Waals surface area contributed by atoms with Gasteiger partial charge >= 0.3 is 5.97 Å². The third-order valence-electron chi connectivity index (χ3n) is 3.13. The van der Waals surface area contributed by atoms with Gasteiger partial charge in [-0.05, 0) is 24.5 Å². The third-order valence-corrected chi connectivity index (χ3v) is 3.13. The zero-order valence-electron chi connectivity index (χ0n) is 11.1. The smallest absolute Gasteiger partial charge is 0.295 e. The van der Waals surface area contributed by atoms with E-state index >= 15 is 0 Å². The van der Waals surface area contributed by atoms with Crippen molar-refractivity contribution in [3.63, 3.8) is 0 Å². The lowest BCUT2D eigenvalue weighted by Gasteiger charge is -2.06. The van der Waals surface area contributed by atoms with Crippen LogP contribution in [0, 0.1) is 10.1 Å². The second-order valence-corrected chi connectivity index (χ2v) is 4.43. The van der Waals surface area contributed by atoms with Gasteiger partial charge in [0.1, 0.15) is 5.56 Å². The summed E-state index contributed by atoms with van der Waals surface area (Å²) in [4.78, 5) is 25.5. The highest BCUT2D eigenvalue weighted by Gasteiger charge is 2.25. The number of nitrogens with zero attached hydrogens (tertiary/aromatic N) is 1. The molecular formula is C15H13NO5. The Labute approximate surface area is 120 Å². The predicted molar refractivity (Wildman–Crippen MR) is 75.0 cm³/mol. The number of nitro groups is 1. The molecule has 0 bridgehead atoms. The van der Waals surface area contributed by atoms with Gasteiger partial charge in [-0.1, -0.05) is 42.5 Å². The molecule has 0 spiro atoms. The lowest BCUT2D eigenvalue weighted by molar-refractivity contribution is -0.386. The van der Waals surface area contributed by atoms with Gasteiger partial charge in [0, 0.05) is 5.56 Å². The number of carbonyl (C=O) groups is 1. The van der Waals surface area contributed by atoms with Crippen LogP contribution in [0.5, 0.6) is 0 Å². The SMILES string of the molecule is O=C(OO)c1cccc(CCc2ccccc2)c1[N+](=O)[O-]. The summed E-state index contributed by atoms with van der Waals surface area (Å²) in [5, 5.41) is 19.6. The summed E-state index contributed by atoms with van der Waals surface area (Å²) in [5.74, 6) is -1.14. The average Bonchev–Trinajstić information content (AvgIpc) is 2.52. The summed E-state index contributed by atoms with van der Waals surface area (Å²) >= 11 is 0. The van der Waals surface area contributed by atoms with Crippen molar-refractivity contribution in [3.05, 3.63) is 75.3 Å². The zero-order valence-corrected chi connectivity index (χ0v) is 11.1. The van der Waals surface area contributed by atoms with Crippen molar-refractivity contribution in [2.24, 2.45) is 0 Å². The Bertz CT molecular complexity index is 654. The van der Waals surface area contributed by atoms with Crippen LogP contribution in [0.2, 0.25) is 0 Å². The minimum absolute atomic E-state index is 0.256. The first kappa shape index (κ1) is 14.7. The molecule has 0 aliphatic heterocycles. The molecule has 2 aromatic rings. The molecule has 2 aromatic carbocycles. The molecule has 0 heterocycles. The fourth-order valence-electron chi connectivity index (χ4n) is 2.15. The van der Waals surface area contributed by atoms with Gasteiger partial charge < -0.3 is 0 Å². The molecule has 0 aliphatic carbocycles. The molecule has 0 saturated heterocycles. The van der Waals surface area contributed by atoms with Crippen LogP contribution in [0.3, 0.4) is 0 Å². The standard InChI is InChI=1S/C15H13NO5/c17-15(21-20)13-8-4-7-12(14(13)16(18)19)10-9-11-5-2-1-3-6-11/h1-8,20H,9-10H2. The quantitative estimate of drug-likeness (QED) is 0.518. The third kappa shape index (κ3) is 3.43. The van der Waals surface area contributed by atoms with Gasteiger partial charge in [0.25, 0.3) is 5.69 Å². The second-order valence-electron chi connectivity index (χ2n) is 4.43. The van der Waals surface area contributed by atoms with Gasteiger partial charge in [0.2, 0.25) is 0 Å². The highest BCUT2D eigenvalue weighted by molar-refractivity contribution is 5.94. The van der Waals surface area contributed by atoms with Crippen LogP contribution in [-0.4, -0.2) is 16.1 Å². The van der Waals surface area contributed by atoms with Crippen molar-refractivity contribution in [1.82, 2.24) is 0 Å². The zero-order chi connectivity index (χ0) is 15.2. The molecule has 0 amide bonds. The molecule has 108 valence electrons. The van der Waals surface area contributed by atoms with Crippen LogP contribution < -0.4 is 0 Å². The van der Waals surface area contributed by atoms with Crippen LogP contribution >= 0.6 is 0 Å². The van der Waals surface area contributed by atoms with Crippen LogP contribution in [0.4, 0.5) is 5.69 Å². The molecule has 6 nitrogen and oxygen atoms in total. The van der Waals surface area contributed by atoms with Crippen LogP contribution in [-0.2, 0) is 17.7 Å². The molecule has 0 saturated carbocycles. The summed E-state index contributed by atoms with van der Waals surface area (Å²) in [6.07, 6.45) is 1.02. The van der Waals surface area contributed by atoms with Crippen LogP contribution in [0.25, 0.3) is 0 Å². The highest BCUT2D eigenvalue weighted by Crippen LogP contribution is 2.25. The van der Waals surface area contributed by atoms with E-state index in [0.717, 1.165) is 5.56 Å². The Kier molecular flexibility index (Phi) is 4.63. The lowest BCUT2D eigenvalue weighted by atomic mass is 10.0. The molecule has 0 unspecified atom stereocenters. The topological polar surface area (TPSA) is 89.7 Å². The number of rotatable bonds is 5. The number of nitro benzene ring substituents is 1. The summed E-state index contributed by atoms with van der Waals surface area (Å²) < 4.78 is 0. The van der Waals surface area contributed by atoms with E-state index in [-0.39, 0.29) is 11.3 Å². The molecule has 2 rings (SSSR count). The largest absolute Gasteiger partial charge is 0.379 e. The molecule has 21 heavy (non-hydrogen) atoms. The van der Waals surface area contributed by atoms with E-state index in [9.17, 15) is 14.9 Å². The fraction of sp³-hybridized carbons (Fsp3) is 0.133. The van der Waals surface area contributed by atoms with E-state index < -0.39 is 10.9 Å². The maximum absolute atomic E-state index is 11.4. The molecule has 6 heteroatoms. The molecule has 0 aliphatic rings. The summed E-state index contributed by atoms with van der Waals surface area (Å²) in [5.41, 5.74) is 0.884. The molecule has 0 atom stereocenters. The van der Waals surface area contributed by atoms with Crippen LogP contribution in [0.1, 0.15) is 21.5 Å². The first-order valence-electron chi connectivity index (χ1n) is 6.29. The second kappa shape index (κ2) is 6.62. The van der Waals surface area contributed by atoms with Crippen molar-refractivity contribution in [2.45, 2.75) is 12.8 Å². The van der Waals surface area contributed by atoms with Gasteiger partial charge in [-0.15, -0.1) is 0 Å². The summed E-state index contributed by atoms with van der Waals surface area (Å²) in [7, 11) is 0. The maximum Gasteiger partial charge on any atom is 0.379 e. The Morgan fingerprint density at radius 2 is 1.81 bits per heavy atom. The number of para-hydroxylation sites is 1. The number of hydrogen-bond acceptors (Lipinski definition) is 5. The Morgan fingerprint density at radius 1 is 1.10 bits per heavy atom. The fourth-order valence-corrected chi connectivity index (χ4v) is 2.15. The Morgan fingerprint density at radius 3 is 2.43 bits per heavy atom. The number of aryl methyl sites for hydroxylation is 2. The van der Waals surface area contributed by atoms with Crippen molar-refractivity contribution in [2.75, 3.05) is 0 Å². The Balaban J connectivity index is 2.30. The van der Waals surface area contributed by atoms with E-state index in [1.54, 1.807) is 6.07 Å². The van der Waals surface area contributed by atoms with Gasteiger partial charge in [0.05, 0.1) is 4.92 Å². The van der Waals surface area contributed by atoms with Crippen molar-refractivity contribution in [3.8, 4) is 0 Å². The molecule has 0 aromatic heterocycles. The predicted octanol–water partition coefficient (Wildman–Crippen LogP) is 3.01. The number of carbonyl (C=O) groups excluding carboxylic acids is 1. The van der Waals surface area contributed by atoms with Crippen molar-refractivity contribution >= 4 is 11.7 Å². The van der Waals surface area contributed by atoms with E-state index in [2.05, 4.69) is 4.89 Å². The average molecular weight is 287 g/mol. The highest BCUT2D eigenvalue weighted by atomic mass is 17.1. The first-order valence-corrected chi connectivity index (χ1v) is 6.29. The van der Waals surface area contributed by atoms with Gasteiger partial charge in [0.15, 0.2) is 0 Å². The normalized spacial score (nSPS) is 10.1. The van der Waals surface area contributed by atoms with E-state index in [1.165, 1.54) is 12.1 Å². The minimum atomic E-state index is -1.14. The van der Waals surface area contributed by atoms with Gasteiger partial charge in [-0.2, -0.15) is 5.26 Å². The van der Waals surface area contributed by atoms with Gasteiger partial charge in [-0.3, -0.25) is 15.0 Å². The lowest BCUT2D eigenvalue weighted by Crippen LogP contribution is -2.08. The van der Waals surface area contributed by atoms with Crippen molar-refractivity contribution in [1.29, 1.82) is 0 Å². The summed E-state index contributed by atoms with van der Waals surface area (Å²) in [6.45, 7) is 0. The Hall–Kier alpha value is -2.73. The molecule has 0 fully saturated rings. The van der Waals surface area contributed by atoms with Crippen LogP contribution in [0.15, 0.2) is 48.5 Å². The van der Waals surface area contributed by atoms with Crippen molar-refractivity contribution < 1.29 is 19.9 Å². The molecule has 1 N–H and O–H groups in total. The first-order chi connectivity index (χ1) is 10.1. The summed E-state index contributed by atoms with van der Waals surface area (Å²) in [6, 6.07) is 13.9. The van der Waals surface area contributed by atoms with E-state index in [1.807, 2.05) is 30.3 Å². The van der Waals surface area contributed by atoms with E-state index in [0.29, 0.717) is 18.4 Å². The number of hydrogen-bond donors (Lipinski definition) is 1. The molecular weight excluding hydrogens is 274 g/mol. The molecule has 0 radical (unpaired) electrons. The van der Waals surface area contributed by atoms with Gasteiger partial charge in [-0.25, -0.2) is 4.79 Å². The number of benzene rings is 2. The maximum atomic E-state index is 11.4. The monoisotopic (exact) mass is 287 g/mol. The van der Waals surface area contributed by atoms with E-state index in [4.69, 9.17) is 5.26 Å². The minimum Gasteiger partial charge on any atom is -0.295 e.